The molecule has 0 saturated carbocycles. The Morgan fingerprint density at radius 3 is 2.26 bits per heavy atom. The van der Waals surface area contributed by atoms with Crippen LogP contribution in [0.4, 0.5) is 5.69 Å². The summed E-state index contributed by atoms with van der Waals surface area (Å²) in [6.07, 6.45) is 2.21. The maximum absolute atomic E-state index is 13.5. The summed E-state index contributed by atoms with van der Waals surface area (Å²) < 4.78 is 11.3. The van der Waals surface area contributed by atoms with Crippen molar-refractivity contribution >= 4 is 47.7 Å². The van der Waals surface area contributed by atoms with Crippen LogP contribution < -0.4 is 20.7 Å². The normalized spacial score (nSPS) is 12.3. The number of furan rings is 1. The van der Waals surface area contributed by atoms with Gasteiger partial charge >= 0.3 is 17.9 Å². The molecule has 3 rings (SSSR count). The molecule has 2 aromatic carbocycles. The highest BCUT2D eigenvalue weighted by Gasteiger charge is 2.34. The molecule has 0 aliphatic heterocycles. The zero-order valence-electron chi connectivity index (χ0n) is 31.8. The van der Waals surface area contributed by atoms with E-state index >= 15 is 0 Å². The predicted octanol–water partition coefficient (Wildman–Crippen LogP) is 4.23. The number of nitrogens with one attached hydrogen (secondary N) is 3. The molecular weight excluding hydrogens is 750 g/mol. The first-order chi connectivity index (χ1) is 27.1. The van der Waals surface area contributed by atoms with E-state index in [2.05, 4.69) is 16.0 Å². The molecule has 306 valence electrons. The van der Waals surface area contributed by atoms with E-state index in [-0.39, 0.29) is 59.3 Å². The number of nitro groups is 1. The summed E-state index contributed by atoms with van der Waals surface area (Å²) in [7, 11) is 0. The van der Waals surface area contributed by atoms with Crippen LogP contribution in [0.3, 0.4) is 0 Å². The van der Waals surface area contributed by atoms with E-state index in [4.69, 9.17) is 19.1 Å². The molecule has 4 amide bonds. The Morgan fingerprint density at radius 1 is 0.947 bits per heavy atom. The number of aliphatic carboxylic acids is 2. The highest BCUT2D eigenvalue weighted by atomic mass is 16.7. The molecule has 3 unspecified atom stereocenters. The molecule has 57 heavy (non-hydrogen) atoms. The summed E-state index contributed by atoms with van der Waals surface area (Å²) >= 11 is 0. The van der Waals surface area contributed by atoms with E-state index < -0.39 is 65.0 Å². The lowest BCUT2D eigenvalue weighted by molar-refractivity contribution is -0.384. The van der Waals surface area contributed by atoms with Gasteiger partial charge in [-0.05, 0) is 62.6 Å². The summed E-state index contributed by atoms with van der Waals surface area (Å²) in [6, 6.07) is 8.06. The van der Waals surface area contributed by atoms with Crippen molar-refractivity contribution in [1.29, 1.82) is 0 Å². The van der Waals surface area contributed by atoms with Crippen LogP contribution in [-0.4, -0.2) is 87.6 Å². The molecule has 19 nitrogen and oxygen atoms in total. The Labute approximate surface area is 326 Å². The number of aryl methyl sites for hydroxylation is 1. The van der Waals surface area contributed by atoms with E-state index in [1.54, 1.807) is 13.8 Å². The fourth-order valence-electron chi connectivity index (χ4n) is 5.85. The summed E-state index contributed by atoms with van der Waals surface area (Å²) in [5.41, 5.74) is 0.345. The minimum absolute atomic E-state index is 0.00197. The first-order valence-electron chi connectivity index (χ1n) is 18.0. The second-order valence-corrected chi connectivity index (χ2v) is 12.7. The summed E-state index contributed by atoms with van der Waals surface area (Å²) in [5, 5.41) is 37.5. The van der Waals surface area contributed by atoms with E-state index in [1.807, 2.05) is 6.92 Å². The van der Waals surface area contributed by atoms with Gasteiger partial charge in [0.2, 0.25) is 12.3 Å². The standard InChI is InChI=1S/C38H45N5O14/c1-5-8-9-10-26(29(6-2)42(21-44)57-38(52)25-14-12-24(43(53)54)17-22(25)4)34(47)39-20-40-36(49)31-16-15-30(56-31)23-11-13-27(32(18-23)55-7-3)35(48)41-28(37(50)51)19-33(45)46/h11-18,21,26,28-29H,5-10,19-20H2,1-4H3,(H,39,47)(H,40,49)(H,41,48)(H,45,46)(H,50,51). The third kappa shape index (κ3) is 12.4. The SMILES string of the molecule is CCCCCC(C(=O)NCNC(=O)c1ccc(-c2ccc(C(=O)NC(CC(=O)O)C(=O)O)c(OCC)c2)o1)C(CC)N(C=O)OC(=O)c1ccc([N+](=O)[O-])cc1C. The van der Waals surface area contributed by atoms with Crippen molar-refractivity contribution in [3.8, 4) is 17.1 Å². The number of unbranched alkanes of at least 4 members (excludes halogenated alkanes) is 2. The van der Waals surface area contributed by atoms with Crippen molar-refractivity contribution in [2.75, 3.05) is 13.3 Å². The number of hydrogen-bond acceptors (Lipinski definition) is 12. The van der Waals surface area contributed by atoms with E-state index in [0.29, 0.717) is 24.8 Å². The monoisotopic (exact) mass is 795 g/mol. The zero-order valence-corrected chi connectivity index (χ0v) is 31.8. The van der Waals surface area contributed by atoms with Crippen LogP contribution >= 0.6 is 0 Å². The third-order valence-corrected chi connectivity index (χ3v) is 8.73. The van der Waals surface area contributed by atoms with E-state index in [9.17, 15) is 48.8 Å². The van der Waals surface area contributed by atoms with Crippen LogP contribution in [0.25, 0.3) is 11.3 Å². The summed E-state index contributed by atoms with van der Waals surface area (Å²) in [4.78, 5) is 103. The van der Waals surface area contributed by atoms with Gasteiger partial charge in [-0.3, -0.25) is 34.1 Å². The molecule has 0 radical (unpaired) electrons. The minimum atomic E-state index is -1.68. The van der Waals surface area contributed by atoms with Crippen LogP contribution in [-0.2, 0) is 24.0 Å². The van der Waals surface area contributed by atoms with Gasteiger partial charge in [0.1, 0.15) is 17.6 Å². The number of amides is 4. The predicted molar refractivity (Wildman–Crippen MR) is 200 cm³/mol. The number of nitrogens with zero attached hydrogens (tertiary/aromatic N) is 2. The lowest BCUT2D eigenvalue weighted by Crippen LogP contribution is -2.49. The summed E-state index contributed by atoms with van der Waals surface area (Å²) in [5.74, 6) is -6.75. The Balaban J connectivity index is 1.71. The van der Waals surface area contributed by atoms with Crippen LogP contribution in [0.15, 0.2) is 52.9 Å². The Bertz CT molecular complexity index is 1960. The molecule has 19 heteroatoms. The molecule has 0 fully saturated rings. The number of hydroxylamine groups is 2. The van der Waals surface area contributed by atoms with Crippen molar-refractivity contribution in [1.82, 2.24) is 21.0 Å². The molecular formula is C38H45N5O14. The van der Waals surface area contributed by atoms with Gasteiger partial charge in [0.25, 0.3) is 17.5 Å². The Morgan fingerprint density at radius 2 is 1.67 bits per heavy atom. The first kappa shape index (κ1) is 44.6. The largest absolute Gasteiger partial charge is 0.493 e. The maximum atomic E-state index is 13.5. The second-order valence-electron chi connectivity index (χ2n) is 12.7. The highest BCUT2D eigenvalue weighted by molar-refractivity contribution is 6.00. The maximum Gasteiger partial charge on any atom is 0.363 e. The third-order valence-electron chi connectivity index (χ3n) is 8.73. The van der Waals surface area contributed by atoms with Gasteiger partial charge in [-0.15, -0.1) is 0 Å². The lowest BCUT2D eigenvalue weighted by Gasteiger charge is -2.32. The average molecular weight is 796 g/mol. The minimum Gasteiger partial charge on any atom is -0.493 e. The Hall–Kier alpha value is -6.79. The topological polar surface area (TPSA) is 274 Å². The number of non-ortho nitro benzene ring substituents is 1. The van der Waals surface area contributed by atoms with Gasteiger partial charge in [-0.25, -0.2) is 9.59 Å². The van der Waals surface area contributed by atoms with E-state index in [1.165, 1.54) is 49.4 Å². The van der Waals surface area contributed by atoms with Crippen molar-refractivity contribution in [3.05, 3.63) is 81.1 Å². The lowest BCUT2D eigenvalue weighted by atomic mass is 9.90. The molecule has 5 N–H and O–H groups in total. The fourth-order valence-corrected chi connectivity index (χ4v) is 5.85. The molecule has 3 aromatic rings. The van der Waals surface area contributed by atoms with Gasteiger partial charge in [-0.1, -0.05) is 39.2 Å². The molecule has 3 atom stereocenters. The van der Waals surface area contributed by atoms with Gasteiger partial charge in [0.15, 0.2) is 5.76 Å². The number of carboxylic acid groups (broad SMARTS) is 2. The van der Waals surface area contributed by atoms with Crippen molar-refractivity contribution < 1.29 is 62.7 Å². The van der Waals surface area contributed by atoms with Crippen LogP contribution in [0.1, 0.15) is 96.1 Å². The number of carbonyl (C=O) groups excluding carboxylic acids is 5. The Kier molecular flexibility index (Phi) is 16.7. The number of ether oxygens (including phenoxy) is 1. The van der Waals surface area contributed by atoms with Crippen LogP contribution in [0, 0.1) is 23.0 Å². The number of hydrogen-bond donors (Lipinski definition) is 5. The number of rotatable bonds is 23. The molecule has 0 spiro atoms. The smallest absolute Gasteiger partial charge is 0.363 e. The van der Waals surface area contributed by atoms with Gasteiger partial charge in [0, 0.05) is 17.7 Å². The molecule has 0 saturated heterocycles. The zero-order chi connectivity index (χ0) is 42.2. The number of carboxylic acids is 2. The van der Waals surface area contributed by atoms with Crippen molar-refractivity contribution in [2.45, 2.75) is 78.3 Å². The second kappa shape index (κ2) is 21.3. The molecule has 1 heterocycles. The molecule has 0 aliphatic rings. The molecule has 1 aromatic heterocycles. The van der Waals surface area contributed by atoms with Crippen LogP contribution in [0.2, 0.25) is 0 Å². The number of benzene rings is 2. The fraction of sp³-hybridized carbons (Fsp3) is 0.395. The molecule has 0 aliphatic carbocycles. The quantitative estimate of drug-likeness (QED) is 0.0296. The molecule has 0 bridgehead atoms. The van der Waals surface area contributed by atoms with Crippen molar-refractivity contribution in [2.24, 2.45) is 5.92 Å². The van der Waals surface area contributed by atoms with E-state index in [0.717, 1.165) is 24.0 Å². The van der Waals surface area contributed by atoms with Crippen molar-refractivity contribution in [3.63, 3.8) is 0 Å². The van der Waals surface area contributed by atoms with Gasteiger partial charge in [-0.2, -0.15) is 5.06 Å². The first-order valence-corrected chi connectivity index (χ1v) is 18.0. The van der Waals surface area contributed by atoms with Gasteiger partial charge < -0.3 is 40.2 Å². The average Bonchev–Trinajstić information content (AvgIpc) is 3.67. The summed E-state index contributed by atoms with van der Waals surface area (Å²) in [6.45, 7) is 6.61. The number of nitro benzene ring substituents is 1. The van der Waals surface area contributed by atoms with Crippen LogP contribution in [0.5, 0.6) is 5.75 Å². The highest BCUT2D eigenvalue weighted by Crippen LogP contribution is 2.30. The number of carbonyl (C=O) groups is 7. The van der Waals surface area contributed by atoms with Gasteiger partial charge in [0.05, 0.1) is 47.7 Å².